The molecule has 0 fully saturated rings. The molecular weight excluding hydrogens is 286 g/mol. The topological polar surface area (TPSA) is 64.0 Å². The van der Waals surface area contributed by atoms with Crippen LogP contribution in [0.15, 0.2) is 22.2 Å². The molecule has 0 saturated carbocycles. The average molecular weight is 311 g/mol. The van der Waals surface area contributed by atoms with Crippen LogP contribution >= 0.6 is 11.8 Å². The van der Waals surface area contributed by atoms with E-state index in [2.05, 4.69) is 17.2 Å². The van der Waals surface area contributed by atoms with Crippen molar-refractivity contribution in [2.45, 2.75) is 57.7 Å². The maximum atomic E-state index is 11.8. The van der Waals surface area contributed by atoms with E-state index < -0.39 is 0 Å². The van der Waals surface area contributed by atoms with Crippen LogP contribution in [0.25, 0.3) is 0 Å². The molecule has 0 spiro atoms. The first kappa shape index (κ1) is 17.8. The Morgan fingerprint density at radius 1 is 1.38 bits per heavy atom. The highest BCUT2D eigenvalue weighted by Gasteiger charge is 2.09. The standard InChI is InChI=1S/C15H25N3O2S/c1-4-5-6-7-9-16-14(20)11-21-15-17-13(19)8-10-18(15)12(2)3/h8,10,12H,4-7,9,11H2,1-3H3,(H,16,20). The van der Waals surface area contributed by atoms with Crippen molar-refractivity contribution in [2.75, 3.05) is 12.3 Å². The van der Waals surface area contributed by atoms with Crippen LogP contribution in [-0.4, -0.2) is 27.8 Å². The van der Waals surface area contributed by atoms with Gasteiger partial charge in [-0.3, -0.25) is 9.59 Å². The summed E-state index contributed by atoms with van der Waals surface area (Å²) >= 11 is 1.31. The summed E-state index contributed by atoms with van der Waals surface area (Å²) < 4.78 is 1.90. The molecule has 0 aromatic carbocycles. The number of carbonyl (C=O) groups excluding carboxylic acids is 1. The van der Waals surface area contributed by atoms with Crippen LogP contribution in [0.1, 0.15) is 52.5 Å². The lowest BCUT2D eigenvalue weighted by atomic mass is 10.2. The monoisotopic (exact) mass is 311 g/mol. The fourth-order valence-electron chi connectivity index (χ4n) is 1.86. The largest absolute Gasteiger partial charge is 0.355 e. The Bertz CT molecular complexity index is 500. The third-order valence-corrected chi connectivity index (χ3v) is 4.01. The van der Waals surface area contributed by atoms with Gasteiger partial charge in [-0.2, -0.15) is 4.98 Å². The summed E-state index contributed by atoms with van der Waals surface area (Å²) in [6.45, 7) is 6.92. The predicted octanol–water partition coefficient (Wildman–Crippen LogP) is 2.61. The van der Waals surface area contributed by atoms with Gasteiger partial charge in [0.05, 0.1) is 5.75 Å². The Morgan fingerprint density at radius 3 is 2.81 bits per heavy atom. The van der Waals surface area contributed by atoms with Crippen molar-refractivity contribution in [1.29, 1.82) is 0 Å². The molecule has 0 bridgehead atoms. The minimum Gasteiger partial charge on any atom is -0.355 e. The highest BCUT2D eigenvalue weighted by Crippen LogP contribution is 2.17. The highest BCUT2D eigenvalue weighted by atomic mass is 32.2. The summed E-state index contributed by atoms with van der Waals surface area (Å²) in [6, 6.07) is 1.65. The molecule has 0 unspecified atom stereocenters. The number of nitrogens with zero attached hydrogens (tertiary/aromatic N) is 2. The molecule has 0 saturated heterocycles. The summed E-state index contributed by atoms with van der Waals surface area (Å²) in [7, 11) is 0. The molecule has 118 valence electrons. The normalized spacial score (nSPS) is 10.9. The van der Waals surface area contributed by atoms with Gasteiger partial charge in [0.25, 0.3) is 5.56 Å². The molecule has 1 amide bonds. The number of hydrogen-bond donors (Lipinski definition) is 1. The second-order valence-electron chi connectivity index (χ2n) is 5.25. The summed E-state index contributed by atoms with van der Waals surface area (Å²) in [5.41, 5.74) is -0.269. The smallest absolute Gasteiger partial charge is 0.273 e. The van der Waals surface area contributed by atoms with Crippen LogP contribution in [0.2, 0.25) is 0 Å². The second kappa shape index (κ2) is 9.60. The molecular formula is C15H25N3O2S. The molecule has 0 aliphatic carbocycles. The van der Waals surface area contributed by atoms with E-state index in [4.69, 9.17) is 0 Å². The summed E-state index contributed by atoms with van der Waals surface area (Å²) in [6.07, 6.45) is 6.29. The van der Waals surface area contributed by atoms with Crippen LogP contribution in [0.5, 0.6) is 0 Å². The number of hydrogen-bond acceptors (Lipinski definition) is 4. The number of unbranched alkanes of at least 4 members (excludes halogenated alkanes) is 3. The van der Waals surface area contributed by atoms with Gasteiger partial charge in [0.1, 0.15) is 0 Å². The van der Waals surface area contributed by atoms with Gasteiger partial charge in [-0.25, -0.2) is 0 Å². The van der Waals surface area contributed by atoms with Gasteiger partial charge < -0.3 is 9.88 Å². The Morgan fingerprint density at radius 2 is 2.14 bits per heavy atom. The molecule has 1 aromatic heterocycles. The van der Waals surface area contributed by atoms with Gasteiger partial charge in [-0.1, -0.05) is 37.9 Å². The Balaban J connectivity index is 2.42. The lowest BCUT2D eigenvalue weighted by molar-refractivity contribution is -0.118. The quantitative estimate of drug-likeness (QED) is 0.432. The first-order chi connectivity index (χ1) is 10.0. The van der Waals surface area contributed by atoms with E-state index in [1.807, 2.05) is 18.4 Å². The van der Waals surface area contributed by atoms with E-state index in [0.29, 0.717) is 5.16 Å². The van der Waals surface area contributed by atoms with E-state index in [1.165, 1.54) is 30.7 Å². The lowest BCUT2D eigenvalue weighted by Crippen LogP contribution is -2.26. The number of carbonyl (C=O) groups is 1. The van der Waals surface area contributed by atoms with Crippen molar-refractivity contribution in [3.05, 3.63) is 22.6 Å². The van der Waals surface area contributed by atoms with Crippen LogP contribution < -0.4 is 10.9 Å². The van der Waals surface area contributed by atoms with Gasteiger partial charge in [0, 0.05) is 24.8 Å². The molecule has 0 atom stereocenters. The SMILES string of the molecule is CCCCCCNC(=O)CSc1nc(=O)ccn1C(C)C. The van der Waals surface area contributed by atoms with Gasteiger partial charge in [-0.05, 0) is 20.3 Å². The fraction of sp³-hybridized carbons (Fsp3) is 0.667. The second-order valence-corrected chi connectivity index (χ2v) is 6.19. The van der Waals surface area contributed by atoms with Crippen molar-refractivity contribution in [1.82, 2.24) is 14.9 Å². The Hall–Kier alpha value is -1.30. The maximum Gasteiger partial charge on any atom is 0.273 e. The molecule has 1 N–H and O–H groups in total. The molecule has 1 rings (SSSR count). The number of nitrogens with one attached hydrogen (secondary N) is 1. The molecule has 1 aromatic rings. The molecule has 0 radical (unpaired) electrons. The zero-order valence-corrected chi connectivity index (χ0v) is 13.9. The van der Waals surface area contributed by atoms with Crippen molar-refractivity contribution in [2.24, 2.45) is 0 Å². The number of aromatic nitrogens is 2. The van der Waals surface area contributed by atoms with E-state index >= 15 is 0 Å². The Labute approximate surface area is 130 Å². The van der Waals surface area contributed by atoms with Gasteiger partial charge in [0.15, 0.2) is 5.16 Å². The maximum absolute atomic E-state index is 11.8. The Kier molecular flexibility index (Phi) is 8.12. The number of thioether (sulfide) groups is 1. The van der Waals surface area contributed by atoms with E-state index in [9.17, 15) is 9.59 Å². The van der Waals surface area contributed by atoms with Crippen LogP contribution in [-0.2, 0) is 4.79 Å². The van der Waals surface area contributed by atoms with Gasteiger partial charge in [-0.15, -0.1) is 0 Å². The molecule has 6 heteroatoms. The minimum atomic E-state index is -0.269. The third kappa shape index (κ3) is 6.80. The summed E-state index contributed by atoms with van der Waals surface area (Å²) in [5.74, 6) is 0.279. The van der Waals surface area contributed by atoms with E-state index in [0.717, 1.165) is 19.4 Å². The van der Waals surface area contributed by atoms with Gasteiger partial charge >= 0.3 is 0 Å². The highest BCUT2D eigenvalue weighted by molar-refractivity contribution is 7.99. The number of amides is 1. The summed E-state index contributed by atoms with van der Waals surface area (Å²) in [4.78, 5) is 27.1. The third-order valence-electron chi connectivity index (χ3n) is 3.05. The first-order valence-corrected chi connectivity index (χ1v) is 8.51. The van der Waals surface area contributed by atoms with E-state index in [-0.39, 0.29) is 23.3 Å². The van der Waals surface area contributed by atoms with Crippen LogP contribution in [0, 0.1) is 0 Å². The molecule has 0 aliphatic heterocycles. The number of rotatable bonds is 9. The fourth-order valence-corrected chi connectivity index (χ4v) is 2.80. The zero-order chi connectivity index (χ0) is 15.7. The molecule has 21 heavy (non-hydrogen) atoms. The van der Waals surface area contributed by atoms with E-state index in [1.54, 1.807) is 6.20 Å². The summed E-state index contributed by atoms with van der Waals surface area (Å²) in [5, 5.41) is 3.50. The average Bonchev–Trinajstić information content (AvgIpc) is 2.44. The lowest BCUT2D eigenvalue weighted by Gasteiger charge is -2.14. The van der Waals surface area contributed by atoms with Crippen LogP contribution in [0.4, 0.5) is 0 Å². The first-order valence-electron chi connectivity index (χ1n) is 7.53. The zero-order valence-electron chi connectivity index (χ0n) is 13.1. The predicted molar refractivity (Wildman–Crippen MR) is 86.8 cm³/mol. The molecule has 0 aliphatic rings. The van der Waals surface area contributed by atoms with Crippen molar-refractivity contribution in [3.8, 4) is 0 Å². The minimum absolute atomic E-state index is 0.00935. The van der Waals surface area contributed by atoms with Gasteiger partial charge in [0.2, 0.25) is 5.91 Å². The molecule has 5 nitrogen and oxygen atoms in total. The van der Waals surface area contributed by atoms with Crippen LogP contribution in [0.3, 0.4) is 0 Å². The van der Waals surface area contributed by atoms with Crippen molar-refractivity contribution >= 4 is 17.7 Å². The van der Waals surface area contributed by atoms with Crippen molar-refractivity contribution in [3.63, 3.8) is 0 Å². The van der Waals surface area contributed by atoms with Crippen molar-refractivity contribution < 1.29 is 4.79 Å². The molecule has 1 heterocycles.